The Balaban J connectivity index is 0.000000556. The minimum absolute atomic E-state index is 0.0748. The number of piperidine rings is 1. The Morgan fingerprint density at radius 2 is 1.81 bits per heavy atom. The highest BCUT2D eigenvalue weighted by Crippen LogP contribution is 2.54. The molecule has 1 saturated heterocycles. The van der Waals surface area contributed by atoms with Crippen LogP contribution in [0.3, 0.4) is 0 Å². The van der Waals surface area contributed by atoms with Gasteiger partial charge in [-0.1, -0.05) is 38.8 Å². The monoisotopic (exact) mass is 528 g/mol. The fraction of sp³-hybridized carbons (Fsp3) is 0.536. The van der Waals surface area contributed by atoms with Crippen LogP contribution in [-0.2, 0) is 6.42 Å². The zero-order valence-corrected chi connectivity index (χ0v) is 23.4. The Bertz CT molecular complexity index is 1050. The molecule has 0 bridgehead atoms. The lowest BCUT2D eigenvalue weighted by molar-refractivity contribution is 0.102. The molecule has 4 N–H and O–H groups in total. The fourth-order valence-corrected chi connectivity index (χ4v) is 5.18. The van der Waals surface area contributed by atoms with Gasteiger partial charge in [0.1, 0.15) is 0 Å². The average molecular weight is 529 g/mol. The molecule has 2 aromatic rings. The van der Waals surface area contributed by atoms with Crippen LogP contribution in [-0.4, -0.2) is 47.8 Å². The van der Waals surface area contributed by atoms with Crippen molar-refractivity contribution in [2.75, 3.05) is 52.2 Å². The molecule has 1 spiro atoms. The number of anilines is 4. The molecular weight excluding hydrogens is 488 g/mol. The molecule has 0 atom stereocenters. The normalized spacial score (nSPS) is 17.5. The molecule has 2 aromatic carbocycles. The lowest BCUT2D eigenvalue weighted by Gasteiger charge is -2.35. The van der Waals surface area contributed by atoms with E-state index in [1.165, 1.54) is 43.2 Å². The number of benzene rings is 2. The van der Waals surface area contributed by atoms with Gasteiger partial charge >= 0.3 is 0 Å². The van der Waals surface area contributed by atoms with Gasteiger partial charge in [0.15, 0.2) is 0 Å². The summed E-state index contributed by atoms with van der Waals surface area (Å²) in [5.74, 6) is 0.546. The molecule has 2 aliphatic heterocycles. The van der Waals surface area contributed by atoms with Gasteiger partial charge in [-0.15, -0.1) is 0 Å². The second kappa shape index (κ2) is 11.6. The summed E-state index contributed by atoms with van der Waals surface area (Å²) in [6, 6.07) is 12.0. The van der Waals surface area contributed by atoms with Crippen molar-refractivity contribution in [3.63, 3.8) is 0 Å². The summed E-state index contributed by atoms with van der Waals surface area (Å²) >= 11 is 5.60. The number of rotatable bonds is 7. The summed E-state index contributed by atoms with van der Waals surface area (Å²) in [6.45, 7) is 9.24. The first-order valence-corrected chi connectivity index (χ1v) is 14.4. The van der Waals surface area contributed by atoms with Crippen molar-refractivity contribution in [3.05, 3.63) is 47.5 Å². The first kappa shape index (κ1) is 27.0. The second-order valence-electron chi connectivity index (χ2n) is 11.1. The van der Waals surface area contributed by atoms with Crippen molar-refractivity contribution in [2.45, 2.75) is 57.6 Å². The number of nitrogens with zero attached hydrogens (tertiary/aromatic N) is 1. The molecule has 196 valence electrons. The first-order chi connectivity index (χ1) is 17.2. The zero-order chi connectivity index (χ0) is 25.8. The molecule has 1 saturated carbocycles. The molecule has 8 heteroatoms. The number of nitrogens with one attached hydrogen (secondary N) is 3. The van der Waals surface area contributed by atoms with Crippen LogP contribution in [0, 0.1) is 5.41 Å². The van der Waals surface area contributed by atoms with Gasteiger partial charge in [-0.3, -0.25) is 4.79 Å². The van der Waals surface area contributed by atoms with Crippen LogP contribution < -0.4 is 20.3 Å². The van der Waals surface area contributed by atoms with Crippen LogP contribution in [0.15, 0.2) is 36.4 Å². The zero-order valence-electron chi connectivity index (χ0n) is 21.7. The topological polar surface area (TPSA) is 76.6 Å². The van der Waals surface area contributed by atoms with Gasteiger partial charge in [0.05, 0.1) is 17.9 Å². The van der Waals surface area contributed by atoms with E-state index in [1.807, 2.05) is 24.3 Å². The summed E-state index contributed by atoms with van der Waals surface area (Å²) in [6.07, 6.45) is 6.18. The van der Waals surface area contributed by atoms with Crippen molar-refractivity contribution in [2.24, 2.45) is 5.41 Å². The Labute approximate surface area is 225 Å². The first-order valence-electron chi connectivity index (χ1n) is 12.9. The third-order valence-electron chi connectivity index (χ3n) is 6.83. The van der Waals surface area contributed by atoms with Gasteiger partial charge in [0, 0.05) is 47.2 Å². The molecule has 1 aliphatic carbocycles. The lowest BCUT2D eigenvalue weighted by Crippen LogP contribution is -2.35. The molecular formula is C28H40N4O2S2. The van der Waals surface area contributed by atoms with Crippen LogP contribution in [0.1, 0.15) is 62.4 Å². The van der Waals surface area contributed by atoms with E-state index in [4.69, 9.17) is 5.11 Å². The number of carbonyl (C=O) groups is 1. The molecule has 0 aromatic heterocycles. The van der Waals surface area contributed by atoms with Crippen molar-refractivity contribution >= 4 is 53.2 Å². The largest absolute Gasteiger partial charge is 0.395 e. The maximum absolute atomic E-state index is 13.3. The molecule has 1 amide bonds. The molecule has 0 unspecified atom stereocenters. The van der Waals surface area contributed by atoms with Crippen LogP contribution in [0.5, 0.6) is 0 Å². The third kappa shape index (κ3) is 7.49. The van der Waals surface area contributed by atoms with E-state index in [1.54, 1.807) is 0 Å². The maximum Gasteiger partial charge on any atom is 0.257 e. The number of amides is 1. The second-order valence-corrected chi connectivity index (χ2v) is 13.3. The standard InChI is InChI=1S/C24H30N4O2S.C4H10S/c29-13-14-31-27-19-3-4-20(22(16-19)28-11-8-24(6-7-24)9-12-28)23(30)26-18-2-1-17-5-10-25-21(17)15-18;1-4(2,3)5/h1-4,15-16,25,27,29H,5-14H2,(H,26,30);5H,1-3H3. The predicted octanol–water partition coefficient (Wildman–Crippen LogP) is 6.05. The maximum atomic E-state index is 13.3. The Morgan fingerprint density at radius 3 is 2.47 bits per heavy atom. The number of aliphatic hydroxyl groups excluding tert-OH is 1. The summed E-state index contributed by atoms with van der Waals surface area (Å²) in [5, 5.41) is 15.5. The Hall–Kier alpha value is -2.03. The van der Waals surface area contributed by atoms with Gasteiger partial charge in [0.25, 0.3) is 5.91 Å². The van der Waals surface area contributed by atoms with Crippen LogP contribution in [0.4, 0.5) is 22.7 Å². The molecule has 0 radical (unpaired) electrons. The number of hydrogen-bond donors (Lipinski definition) is 5. The Morgan fingerprint density at radius 1 is 1.11 bits per heavy atom. The van der Waals surface area contributed by atoms with Crippen molar-refractivity contribution < 1.29 is 9.90 Å². The fourth-order valence-electron chi connectivity index (χ4n) is 4.69. The molecule has 36 heavy (non-hydrogen) atoms. The van der Waals surface area contributed by atoms with Crippen molar-refractivity contribution in [1.82, 2.24) is 0 Å². The quantitative estimate of drug-likeness (QED) is 0.171. The summed E-state index contributed by atoms with van der Waals surface area (Å²) in [7, 11) is 0. The van der Waals surface area contributed by atoms with Crippen LogP contribution in [0.25, 0.3) is 0 Å². The van der Waals surface area contributed by atoms with E-state index in [-0.39, 0.29) is 17.3 Å². The van der Waals surface area contributed by atoms with Crippen molar-refractivity contribution in [1.29, 1.82) is 0 Å². The van der Waals surface area contributed by atoms with E-state index in [9.17, 15) is 4.79 Å². The Kier molecular flexibility index (Phi) is 8.68. The molecule has 3 aliphatic rings. The minimum Gasteiger partial charge on any atom is -0.395 e. The number of carbonyl (C=O) groups excluding carboxylic acids is 1. The highest BCUT2D eigenvalue weighted by Gasteiger charge is 2.44. The summed E-state index contributed by atoms with van der Waals surface area (Å²) in [4.78, 5) is 15.6. The van der Waals surface area contributed by atoms with E-state index in [2.05, 4.69) is 65.8 Å². The van der Waals surface area contributed by atoms with Crippen molar-refractivity contribution in [3.8, 4) is 0 Å². The smallest absolute Gasteiger partial charge is 0.257 e. The van der Waals surface area contributed by atoms with Gasteiger partial charge in [-0.05, 0) is 73.4 Å². The van der Waals surface area contributed by atoms with Crippen LogP contribution >= 0.6 is 24.6 Å². The SMILES string of the molecule is CC(C)(C)S.O=C(Nc1ccc2c(c1)NCC2)c1ccc(NSCCO)cc1N1CCC2(CC1)CC2. The highest BCUT2D eigenvalue weighted by molar-refractivity contribution is 8.00. The summed E-state index contributed by atoms with van der Waals surface area (Å²) < 4.78 is 3.48. The lowest BCUT2D eigenvalue weighted by atomic mass is 9.93. The van der Waals surface area contributed by atoms with E-state index < -0.39 is 0 Å². The van der Waals surface area contributed by atoms with E-state index in [0.29, 0.717) is 16.7 Å². The van der Waals surface area contributed by atoms with Gasteiger partial charge < -0.3 is 25.4 Å². The van der Waals surface area contributed by atoms with Gasteiger partial charge in [0.2, 0.25) is 0 Å². The van der Waals surface area contributed by atoms with Crippen LogP contribution in [0.2, 0.25) is 0 Å². The molecule has 2 fully saturated rings. The molecule has 5 rings (SSSR count). The third-order valence-corrected chi connectivity index (χ3v) is 7.59. The van der Waals surface area contributed by atoms with Gasteiger partial charge in [-0.2, -0.15) is 12.6 Å². The minimum atomic E-state index is -0.0748. The predicted molar refractivity (Wildman–Crippen MR) is 158 cm³/mol. The average Bonchev–Trinajstić information content (AvgIpc) is 3.41. The number of aliphatic hydroxyl groups is 1. The van der Waals surface area contributed by atoms with Gasteiger partial charge in [-0.25, -0.2) is 0 Å². The van der Waals surface area contributed by atoms with E-state index in [0.717, 1.165) is 48.8 Å². The highest BCUT2D eigenvalue weighted by atomic mass is 32.2. The number of thiol groups is 1. The number of hydrogen-bond acceptors (Lipinski definition) is 7. The molecule has 6 nitrogen and oxygen atoms in total. The molecule has 2 heterocycles. The summed E-state index contributed by atoms with van der Waals surface area (Å²) in [5.41, 5.74) is 6.48. The van der Waals surface area contributed by atoms with E-state index >= 15 is 0 Å². The number of fused-ring (bicyclic) bond motifs is 1.